The summed E-state index contributed by atoms with van der Waals surface area (Å²) in [7, 11) is 0. The Morgan fingerprint density at radius 2 is 1.64 bits per heavy atom. The van der Waals surface area contributed by atoms with E-state index in [4.69, 9.17) is 4.42 Å². The van der Waals surface area contributed by atoms with Crippen molar-refractivity contribution in [3.63, 3.8) is 0 Å². The quantitative estimate of drug-likeness (QED) is 0.518. The van der Waals surface area contributed by atoms with E-state index >= 15 is 0 Å². The molecule has 0 bridgehead atoms. The zero-order valence-electron chi connectivity index (χ0n) is 14.0. The molecule has 4 heteroatoms. The fourth-order valence-electron chi connectivity index (χ4n) is 2.88. The Bertz CT molecular complexity index is 1030. The lowest BCUT2D eigenvalue weighted by atomic mass is 10.1. The van der Waals surface area contributed by atoms with E-state index in [1.165, 1.54) is 6.07 Å². The molecule has 2 aromatic heterocycles. The van der Waals surface area contributed by atoms with Crippen LogP contribution in [0.25, 0.3) is 34.2 Å². The van der Waals surface area contributed by atoms with Crippen LogP contribution in [0.4, 0.5) is 4.39 Å². The van der Waals surface area contributed by atoms with Gasteiger partial charge in [-0.3, -0.25) is 0 Å². The van der Waals surface area contributed by atoms with E-state index in [1.54, 1.807) is 19.1 Å². The summed E-state index contributed by atoms with van der Waals surface area (Å²) < 4.78 is 19.4. The van der Waals surface area contributed by atoms with Crippen molar-refractivity contribution in [1.29, 1.82) is 0 Å². The molecule has 1 N–H and O–H groups in total. The summed E-state index contributed by atoms with van der Waals surface area (Å²) in [4.78, 5) is 7.92. The second kappa shape index (κ2) is 6.06. The molecule has 25 heavy (non-hydrogen) atoms. The van der Waals surface area contributed by atoms with Gasteiger partial charge < -0.3 is 9.40 Å². The van der Waals surface area contributed by atoms with Gasteiger partial charge in [0, 0.05) is 5.56 Å². The molecule has 0 atom stereocenters. The van der Waals surface area contributed by atoms with Crippen LogP contribution in [0.2, 0.25) is 0 Å². The van der Waals surface area contributed by atoms with E-state index in [0.717, 1.165) is 22.5 Å². The Balaban J connectivity index is 1.70. The predicted molar refractivity (Wildman–Crippen MR) is 96.6 cm³/mol. The third kappa shape index (κ3) is 2.87. The number of hydrogen-bond donors (Lipinski definition) is 1. The normalized spacial score (nSPS) is 11.0. The van der Waals surface area contributed by atoms with E-state index in [0.29, 0.717) is 22.9 Å². The molecule has 3 nitrogen and oxygen atoms in total. The number of rotatable bonds is 3. The molecule has 124 valence electrons. The van der Waals surface area contributed by atoms with Crippen molar-refractivity contribution < 1.29 is 8.81 Å². The monoisotopic (exact) mass is 332 g/mol. The number of halogens is 1. The van der Waals surface area contributed by atoms with E-state index in [2.05, 4.69) is 9.97 Å². The largest absolute Gasteiger partial charge is 0.453 e. The highest BCUT2D eigenvalue weighted by atomic mass is 19.1. The summed E-state index contributed by atoms with van der Waals surface area (Å²) in [6.07, 6.45) is 0. The molecule has 0 saturated carbocycles. The summed E-state index contributed by atoms with van der Waals surface area (Å²) >= 11 is 0. The minimum absolute atomic E-state index is 0.218. The van der Waals surface area contributed by atoms with E-state index in [1.807, 2.05) is 49.4 Å². The van der Waals surface area contributed by atoms with Crippen molar-refractivity contribution in [1.82, 2.24) is 9.97 Å². The Morgan fingerprint density at radius 1 is 0.880 bits per heavy atom. The molecule has 4 aromatic rings. The zero-order valence-corrected chi connectivity index (χ0v) is 14.0. The van der Waals surface area contributed by atoms with Gasteiger partial charge in [0.15, 0.2) is 11.6 Å². The second-order valence-electron chi connectivity index (χ2n) is 6.04. The van der Waals surface area contributed by atoms with Gasteiger partial charge in [-0.2, -0.15) is 0 Å². The van der Waals surface area contributed by atoms with Crippen LogP contribution in [-0.4, -0.2) is 9.97 Å². The molecule has 0 aliphatic carbocycles. The van der Waals surface area contributed by atoms with E-state index < -0.39 is 0 Å². The minimum Gasteiger partial charge on any atom is -0.453 e. The van der Waals surface area contributed by atoms with E-state index in [-0.39, 0.29) is 5.82 Å². The fraction of sp³-hybridized carbons (Fsp3) is 0.0952. The first kappa shape index (κ1) is 15.4. The van der Waals surface area contributed by atoms with Crippen LogP contribution in [0.3, 0.4) is 0 Å². The summed E-state index contributed by atoms with van der Waals surface area (Å²) in [5.41, 5.74) is 4.41. The number of imidazole rings is 1. The van der Waals surface area contributed by atoms with Crippen molar-refractivity contribution in [3.05, 3.63) is 77.7 Å². The summed E-state index contributed by atoms with van der Waals surface area (Å²) in [6, 6.07) is 18.8. The Hall–Kier alpha value is -3.14. The highest BCUT2D eigenvalue weighted by Crippen LogP contribution is 2.30. The lowest BCUT2D eigenvalue weighted by molar-refractivity contribution is 0.591. The van der Waals surface area contributed by atoms with Crippen molar-refractivity contribution in [2.24, 2.45) is 0 Å². The number of nitrogens with zero attached hydrogens (tertiary/aromatic N) is 1. The lowest BCUT2D eigenvalue weighted by Gasteiger charge is -2.00. The van der Waals surface area contributed by atoms with E-state index in [9.17, 15) is 4.39 Å². The molecule has 4 rings (SSSR count). The average Bonchev–Trinajstić information content (AvgIpc) is 3.25. The fourth-order valence-corrected chi connectivity index (χ4v) is 2.88. The Kier molecular flexibility index (Phi) is 3.73. The number of furan rings is 1. The van der Waals surface area contributed by atoms with Crippen molar-refractivity contribution in [2.45, 2.75) is 13.8 Å². The molecule has 0 aliphatic heterocycles. The standard InChI is InChI=1S/C21H17FN2O/c1-13-12-16(8-9-17(13)22)18-10-11-19(25-18)21-23-14(2)20(24-21)15-6-4-3-5-7-15/h3-12H,1-2H3,(H,23,24). The molecule has 0 radical (unpaired) electrons. The topological polar surface area (TPSA) is 41.8 Å². The second-order valence-corrected chi connectivity index (χ2v) is 6.04. The van der Waals surface area contributed by atoms with Crippen LogP contribution < -0.4 is 0 Å². The maximum Gasteiger partial charge on any atom is 0.174 e. The SMILES string of the molecule is Cc1cc(-c2ccc(-c3nc(C)c(-c4ccccc4)[nH]3)o2)ccc1F. The van der Waals surface area contributed by atoms with Crippen LogP contribution in [-0.2, 0) is 0 Å². The van der Waals surface area contributed by atoms with Gasteiger partial charge in [0.25, 0.3) is 0 Å². The number of hydrogen-bond acceptors (Lipinski definition) is 2. The van der Waals surface area contributed by atoms with Gasteiger partial charge in [0.05, 0.1) is 11.4 Å². The van der Waals surface area contributed by atoms with Crippen molar-refractivity contribution in [3.8, 4) is 34.2 Å². The number of aromatic amines is 1. The Labute approximate surface area is 145 Å². The molecule has 0 saturated heterocycles. The molecular formula is C21H17FN2O. The third-order valence-corrected chi connectivity index (χ3v) is 4.23. The van der Waals surface area contributed by atoms with Gasteiger partial charge in [-0.15, -0.1) is 0 Å². The summed E-state index contributed by atoms with van der Waals surface area (Å²) in [5.74, 6) is 1.81. The average molecular weight is 332 g/mol. The van der Waals surface area contributed by atoms with Gasteiger partial charge in [0.1, 0.15) is 11.6 Å². The van der Waals surface area contributed by atoms with Crippen LogP contribution in [0.5, 0.6) is 0 Å². The molecule has 2 heterocycles. The molecule has 0 aliphatic rings. The number of H-pyrrole nitrogens is 1. The molecule has 0 unspecified atom stereocenters. The molecule has 2 aromatic carbocycles. The first-order chi connectivity index (χ1) is 12.1. The van der Waals surface area contributed by atoms with Crippen LogP contribution in [0.15, 0.2) is 65.1 Å². The first-order valence-electron chi connectivity index (χ1n) is 8.10. The highest BCUT2D eigenvalue weighted by molar-refractivity contribution is 5.67. The van der Waals surface area contributed by atoms with Crippen molar-refractivity contribution >= 4 is 0 Å². The number of nitrogens with one attached hydrogen (secondary N) is 1. The highest BCUT2D eigenvalue weighted by Gasteiger charge is 2.14. The van der Waals surface area contributed by atoms with Crippen molar-refractivity contribution in [2.75, 3.05) is 0 Å². The predicted octanol–water partition coefficient (Wildman–Crippen LogP) is 5.76. The molecule has 0 spiro atoms. The number of benzene rings is 2. The van der Waals surface area contributed by atoms with Gasteiger partial charge in [-0.1, -0.05) is 30.3 Å². The van der Waals surface area contributed by atoms with Crippen LogP contribution >= 0.6 is 0 Å². The van der Waals surface area contributed by atoms with Gasteiger partial charge >= 0.3 is 0 Å². The number of aromatic nitrogens is 2. The smallest absolute Gasteiger partial charge is 0.174 e. The summed E-state index contributed by atoms with van der Waals surface area (Å²) in [5, 5.41) is 0. The summed E-state index contributed by atoms with van der Waals surface area (Å²) in [6.45, 7) is 3.71. The maximum absolute atomic E-state index is 13.4. The van der Waals surface area contributed by atoms with Crippen LogP contribution in [0, 0.1) is 19.7 Å². The van der Waals surface area contributed by atoms with Crippen LogP contribution in [0.1, 0.15) is 11.3 Å². The maximum atomic E-state index is 13.4. The van der Waals surface area contributed by atoms with Gasteiger partial charge in [0.2, 0.25) is 0 Å². The molecule has 0 amide bonds. The van der Waals surface area contributed by atoms with Gasteiger partial charge in [-0.05, 0) is 55.3 Å². The van der Waals surface area contributed by atoms with Gasteiger partial charge in [-0.25, -0.2) is 9.37 Å². The Morgan fingerprint density at radius 3 is 2.40 bits per heavy atom. The minimum atomic E-state index is -0.218. The first-order valence-corrected chi connectivity index (χ1v) is 8.10. The zero-order chi connectivity index (χ0) is 17.4. The molecular weight excluding hydrogens is 315 g/mol. The lowest BCUT2D eigenvalue weighted by Crippen LogP contribution is -1.82. The number of aryl methyl sites for hydroxylation is 2. The molecule has 0 fully saturated rings. The third-order valence-electron chi connectivity index (χ3n) is 4.23.